The molecule has 2 aromatic carbocycles. The molecule has 25 heavy (non-hydrogen) atoms. The molecule has 0 heterocycles. The van der Waals surface area contributed by atoms with E-state index in [1.165, 1.54) is 5.69 Å². The number of aryl methyl sites for hydroxylation is 1. The lowest BCUT2D eigenvalue weighted by molar-refractivity contribution is -0.127. The fourth-order valence-electron chi connectivity index (χ4n) is 2.58. The van der Waals surface area contributed by atoms with Gasteiger partial charge in [-0.2, -0.15) is 0 Å². The van der Waals surface area contributed by atoms with Gasteiger partial charge in [-0.15, -0.1) is 0 Å². The summed E-state index contributed by atoms with van der Waals surface area (Å²) in [7, 11) is 2.06. The summed E-state index contributed by atoms with van der Waals surface area (Å²) in [5.41, 5.74) is 3.42. The van der Waals surface area contributed by atoms with Gasteiger partial charge in [0.1, 0.15) is 5.75 Å². The van der Waals surface area contributed by atoms with Crippen molar-refractivity contribution in [2.75, 3.05) is 25.0 Å². The molecule has 0 aromatic heterocycles. The Labute approximate surface area is 150 Å². The van der Waals surface area contributed by atoms with Gasteiger partial charge < -0.3 is 15.0 Å². The third-order valence-electron chi connectivity index (χ3n) is 4.39. The van der Waals surface area contributed by atoms with Crippen LogP contribution in [0.4, 0.5) is 5.69 Å². The minimum atomic E-state index is -0.507. The minimum Gasteiger partial charge on any atom is -0.481 e. The number of nitrogens with zero attached hydrogens (tertiary/aromatic N) is 1. The second-order valence-electron chi connectivity index (χ2n) is 6.36. The van der Waals surface area contributed by atoms with Crippen molar-refractivity contribution in [1.29, 1.82) is 0 Å². The van der Waals surface area contributed by atoms with Gasteiger partial charge in [-0.25, -0.2) is 0 Å². The summed E-state index contributed by atoms with van der Waals surface area (Å²) >= 11 is 0. The fourth-order valence-corrected chi connectivity index (χ4v) is 2.58. The number of benzene rings is 2. The molecule has 0 aliphatic heterocycles. The standard InChI is InChI=1S/C21H28N2O2/c1-16-10-8-13-20(17(16)2)25-18(3)21(24)22-14-9-15-23(4)19-11-6-5-7-12-19/h5-8,10-13,18H,9,14-15H2,1-4H3,(H,22,24)/t18-/m1/s1. The van der Waals surface area contributed by atoms with Crippen molar-refractivity contribution in [3.05, 3.63) is 59.7 Å². The highest BCUT2D eigenvalue weighted by molar-refractivity contribution is 5.80. The molecule has 134 valence electrons. The molecule has 0 saturated carbocycles. The van der Waals surface area contributed by atoms with Crippen molar-refractivity contribution in [1.82, 2.24) is 5.32 Å². The maximum absolute atomic E-state index is 12.2. The summed E-state index contributed by atoms with van der Waals surface area (Å²) < 4.78 is 5.81. The molecule has 0 radical (unpaired) electrons. The van der Waals surface area contributed by atoms with Gasteiger partial charge >= 0.3 is 0 Å². The zero-order chi connectivity index (χ0) is 18.2. The van der Waals surface area contributed by atoms with Crippen LogP contribution in [-0.4, -0.2) is 32.1 Å². The number of para-hydroxylation sites is 1. The van der Waals surface area contributed by atoms with E-state index in [2.05, 4.69) is 29.4 Å². The maximum atomic E-state index is 12.2. The zero-order valence-electron chi connectivity index (χ0n) is 15.6. The minimum absolute atomic E-state index is 0.0803. The number of carbonyl (C=O) groups is 1. The van der Waals surface area contributed by atoms with E-state index in [1.54, 1.807) is 6.92 Å². The number of nitrogens with one attached hydrogen (secondary N) is 1. The summed E-state index contributed by atoms with van der Waals surface area (Å²) in [5, 5.41) is 2.95. The van der Waals surface area contributed by atoms with Gasteiger partial charge in [-0.1, -0.05) is 30.3 Å². The van der Waals surface area contributed by atoms with Gasteiger partial charge in [0, 0.05) is 25.8 Å². The molecular formula is C21H28N2O2. The normalized spacial score (nSPS) is 11.7. The van der Waals surface area contributed by atoms with Crippen LogP contribution in [-0.2, 0) is 4.79 Å². The highest BCUT2D eigenvalue weighted by Gasteiger charge is 2.15. The van der Waals surface area contributed by atoms with E-state index in [0.717, 1.165) is 29.8 Å². The number of ether oxygens (including phenoxy) is 1. The molecule has 1 atom stereocenters. The Bertz CT molecular complexity index is 686. The zero-order valence-corrected chi connectivity index (χ0v) is 15.6. The van der Waals surface area contributed by atoms with Crippen LogP contribution in [0.5, 0.6) is 5.75 Å². The van der Waals surface area contributed by atoms with E-state index in [1.807, 2.05) is 50.2 Å². The van der Waals surface area contributed by atoms with E-state index in [0.29, 0.717) is 6.54 Å². The van der Waals surface area contributed by atoms with Crippen LogP contribution in [0.3, 0.4) is 0 Å². The Balaban J connectivity index is 1.73. The molecule has 0 aliphatic carbocycles. The van der Waals surface area contributed by atoms with Crippen LogP contribution >= 0.6 is 0 Å². The summed E-state index contributed by atoms with van der Waals surface area (Å²) in [6.07, 6.45) is 0.375. The molecule has 4 heteroatoms. The van der Waals surface area contributed by atoms with Crippen LogP contribution in [0.2, 0.25) is 0 Å². The SMILES string of the molecule is Cc1cccc(O[C@H](C)C(=O)NCCCN(C)c2ccccc2)c1C. The average molecular weight is 340 g/mol. The summed E-state index contributed by atoms with van der Waals surface area (Å²) in [4.78, 5) is 14.4. The van der Waals surface area contributed by atoms with Crippen LogP contribution in [0.25, 0.3) is 0 Å². The molecule has 0 fully saturated rings. The largest absolute Gasteiger partial charge is 0.481 e. The maximum Gasteiger partial charge on any atom is 0.260 e. The van der Waals surface area contributed by atoms with E-state index < -0.39 is 6.10 Å². The lowest BCUT2D eigenvalue weighted by Crippen LogP contribution is -2.37. The third kappa shape index (κ3) is 5.52. The number of rotatable bonds is 8. The molecular weight excluding hydrogens is 312 g/mol. The van der Waals surface area contributed by atoms with Crippen molar-refractivity contribution in [2.24, 2.45) is 0 Å². The molecule has 1 N–H and O–H groups in total. The highest BCUT2D eigenvalue weighted by Crippen LogP contribution is 2.21. The van der Waals surface area contributed by atoms with Gasteiger partial charge in [-0.05, 0) is 56.5 Å². The van der Waals surface area contributed by atoms with Crippen molar-refractivity contribution in [3.63, 3.8) is 0 Å². The molecule has 0 spiro atoms. The molecule has 0 aliphatic rings. The van der Waals surface area contributed by atoms with Gasteiger partial charge in [0.05, 0.1) is 0 Å². The number of anilines is 1. The fraction of sp³-hybridized carbons (Fsp3) is 0.381. The van der Waals surface area contributed by atoms with Crippen LogP contribution in [0.15, 0.2) is 48.5 Å². The molecule has 2 rings (SSSR count). The van der Waals surface area contributed by atoms with Crippen molar-refractivity contribution >= 4 is 11.6 Å². The van der Waals surface area contributed by atoms with E-state index in [9.17, 15) is 4.79 Å². The molecule has 0 unspecified atom stereocenters. The number of hydrogen-bond donors (Lipinski definition) is 1. The monoisotopic (exact) mass is 340 g/mol. The Morgan fingerprint density at radius 1 is 1.12 bits per heavy atom. The van der Waals surface area contributed by atoms with E-state index >= 15 is 0 Å². The van der Waals surface area contributed by atoms with Gasteiger partial charge in [0.25, 0.3) is 5.91 Å². The summed E-state index contributed by atoms with van der Waals surface area (Å²) in [5.74, 6) is 0.690. The van der Waals surface area contributed by atoms with Gasteiger partial charge in [0.15, 0.2) is 6.10 Å². The van der Waals surface area contributed by atoms with E-state index in [4.69, 9.17) is 4.74 Å². The Hall–Kier alpha value is -2.49. The molecule has 2 aromatic rings. The van der Waals surface area contributed by atoms with Gasteiger partial charge in [-0.3, -0.25) is 4.79 Å². The molecule has 0 bridgehead atoms. The Morgan fingerprint density at radius 3 is 2.56 bits per heavy atom. The average Bonchev–Trinajstić information content (AvgIpc) is 2.62. The third-order valence-corrected chi connectivity index (χ3v) is 4.39. The Morgan fingerprint density at radius 2 is 1.84 bits per heavy atom. The smallest absolute Gasteiger partial charge is 0.260 e. The lowest BCUT2D eigenvalue weighted by Gasteiger charge is -2.20. The predicted molar refractivity (Wildman–Crippen MR) is 103 cm³/mol. The first kappa shape index (κ1) is 18.8. The van der Waals surface area contributed by atoms with E-state index in [-0.39, 0.29) is 5.91 Å². The van der Waals surface area contributed by atoms with Crippen molar-refractivity contribution in [2.45, 2.75) is 33.3 Å². The number of carbonyl (C=O) groups excluding carboxylic acids is 1. The first-order chi connectivity index (χ1) is 12.0. The summed E-state index contributed by atoms with van der Waals surface area (Å²) in [6.45, 7) is 7.35. The predicted octanol–water partition coefficient (Wildman–Crippen LogP) is 3.71. The van der Waals surface area contributed by atoms with Gasteiger partial charge in [0.2, 0.25) is 0 Å². The Kier molecular flexibility index (Phi) is 6.87. The molecule has 4 nitrogen and oxygen atoms in total. The second-order valence-corrected chi connectivity index (χ2v) is 6.36. The van der Waals surface area contributed by atoms with Crippen molar-refractivity contribution < 1.29 is 9.53 Å². The number of hydrogen-bond acceptors (Lipinski definition) is 3. The van der Waals surface area contributed by atoms with Crippen LogP contribution in [0.1, 0.15) is 24.5 Å². The van der Waals surface area contributed by atoms with Crippen LogP contribution < -0.4 is 15.0 Å². The van der Waals surface area contributed by atoms with Crippen LogP contribution in [0, 0.1) is 13.8 Å². The summed E-state index contributed by atoms with van der Waals surface area (Å²) in [6, 6.07) is 16.1. The quantitative estimate of drug-likeness (QED) is 0.745. The lowest BCUT2D eigenvalue weighted by atomic mass is 10.1. The topological polar surface area (TPSA) is 41.6 Å². The molecule has 0 saturated heterocycles. The first-order valence-corrected chi connectivity index (χ1v) is 8.76. The van der Waals surface area contributed by atoms with Crippen molar-refractivity contribution in [3.8, 4) is 5.75 Å². The highest BCUT2D eigenvalue weighted by atomic mass is 16.5. The second kappa shape index (κ2) is 9.11. The number of amides is 1. The molecule has 1 amide bonds. The first-order valence-electron chi connectivity index (χ1n) is 8.76.